The standard InChI is InChI=1S/C15H12O2S/c16-10-17-9-12-5-3-7-15-13(12)8-11-4-1-2-6-14(11)18-15/h1-7,10H,8-9H2. The van der Waals surface area contributed by atoms with Gasteiger partial charge in [-0.25, -0.2) is 0 Å². The van der Waals surface area contributed by atoms with Crippen molar-refractivity contribution in [2.24, 2.45) is 0 Å². The van der Waals surface area contributed by atoms with Crippen LogP contribution >= 0.6 is 11.8 Å². The molecule has 0 bridgehead atoms. The molecule has 3 heteroatoms. The Labute approximate surface area is 110 Å². The minimum Gasteiger partial charge on any atom is -0.463 e. The molecule has 0 aliphatic carbocycles. The molecule has 0 saturated carbocycles. The van der Waals surface area contributed by atoms with Gasteiger partial charge in [0.15, 0.2) is 0 Å². The minimum absolute atomic E-state index is 0.357. The molecule has 1 aliphatic heterocycles. The first kappa shape index (κ1) is 11.4. The van der Waals surface area contributed by atoms with E-state index in [9.17, 15) is 4.79 Å². The van der Waals surface area contributed by atoms with Crippen molar-refractivity contribution in [2.75, 3.05) is 0 Å². The third kappa shape index (κ3) is 2.02. The van der Waals surface area contributed by atoms with Crippen molar-refractivity contribution >= 4 is 18.2 Å². The van der Waals surface area contributed by atoms with Gasteiger partial charge in [0.1, 0.15) is 6.61 Å². The number of carbonyl (C=O) groups is 1. The molecule has 1 aliphatic rings. The van der Waals surface area contributed by atoms with Gasteiger partial charge in [0.2, 0.25) is 0 Å². The van der Waals surface area contributed by atoms with Crippen LogP contribution < -0.4 is 0 Å². The number of rotatable bonds is 3. The Hall–Kier alpha value is -1.74. The summed E-state index contributed by atoms with van der Waals surface area (Å²) < 4.78 is 4.88. The smallest absolute Gasteiger partial charge is 0.293 e. The van der Waals surface area contributed by atoms with Crippen LogP contribution in [0.4, 0.5) is 0 Å². The fourth-order valence-electron chi connectivity index (χ4n) is 2.22. The normalized spacial score (nSPS) is 12.4. The molecule has 0 aromatic heterocycles. The first-order chi connectivity index (χ1) is 8.88. The number of carbonyl (C=O) groups excluding carboxylic acids is 1. The zero-order chi connectivity index (χ0) is 12.4. The zero-order valence-corrected chi connectivity index (χ0v) is 10.6. The van der Waals surface area contributed by atoms with E-state index in [2.05, 4.69) is 30.3 Å². The molecule has 0 atom stereocenters. The lowest BCUT2D eigenvalue weighted by atomic mass is 9.99. The topological polar surface area (TPSA) is 26.3 Å². The molecule has 0 unspecified atom stereocenters. The van der Waals surface area contributed by atoms with E-state index >= 15 is 0 Å². The minimum atomic E-state index is 0.357. The van der Waals surface area contributed by atoms with E-state index in [0.717, 1.165) is 12.0 Å². The van der Waals surface area contributed by atoms with Gasteiger partial charge in [0, 0.05) is 16.2 Å². The Morgan fingerprint density at radius 2 is 1.94 bits per heavy atom. The Morgan fingerprint density at radius 3 is 2.83 bits per heavy atom. The molecule has 2 aromatic rings. The van der Waals surface area contributed by atoms with E-state index in [0.29, 0.717) is 13.1 Å². The van der Waals surface area contributed by atoms with E-state index in [1.54, 1.807) is 11.8 Å². The lowest BCUT2D eigenvalue weighted by Crippen LogP contribution is -2.04. The van der Waals surface area contributed by atoms with Crippen LogP contribution in [0.5, 0.6) is 0 Å². The maximum Gasteiger partial charge on any atom is 0.293 e. The molecule has 2 aromatic carbocycles. The summed E-state index contributed by atoms with van der Waals surface area (Å²) in [5, 5.41) is 0. The van der Waals surface area contributed by atoms with Crippen molar-refractivity contribution in [1.82, 2.24) is 0 Å². The summed E-state index contributed by atoms with van der Waals surface area (Å²) in [5.41, 5.74) is 3.72. The number of hydrogen-bond donors (Lipinski definition) is 0. The molecule has 0 N–H and O–H groups in total. The second-order valence-corrected chi connectivity index (χ2v) is 5.27. The van der Waals surface area contributed by atoms with Gasteiger partial charge < -0.3 is 4.74 Å². The number of ether oxygens (including phenoxy) is 1. The molecule has 18 heavy (non-hydrogen) atoms. The van der Waals surface area contributed by atoms with E-state index in [1.165, 1.54) is 20.9 Å². The Bertz CT molecular complexity index is 593. The number of fused-ring (bicyclic) bond motifs is 2. The van der Waals surface area contributed by atoms with Gasteiger partial charge in [-0.3, -0.25) is 4.79 Å². The van der Waals surface area contributed by atoms with Crippen LogP contribution in [0.15, 0.2) is 52.3 Å². The van der Waals surface area contributed by atoms with Gasteiger partial charge in [0.05, 0.1) is 0 Å². The maximum absolute atomic E-state index is 10.3. The van der Waals surface area contributed by atoms with Crippen LogP contribution in [-0.2, 0) is 22.6 Å². The van der Waals surface area contributed by atoms with E-state index < -0.39 is 0 Å². The molecule has 1 heterocycles. The summed E-state index contributed by atoms with van der Waals surface area (Å²) in [6.07, 6.45) is 0.914. The van der Waals surface area contributed by atoms with Crippen molar-refractivity contribution < 1.29 is 9.53 Å². The summed E-state index contributed by atoms with van der Waals surface area (Å²) in [6.45, 7) is 0.860. The van der Waals surface area contributed by atoms with Gasteiger partial charge in [-0.1, -0.05) is 42.1 Å². The SMILES string of the molecule is O=COCc1cccc2c1Cc1ccccc1S2. The van der Waals surface area contributed by atoms with Gasteiger partial charge in [-0.2, -0.15) is 0 Å². The molecule has 0 fully saturated rings. The number of hydrogen-bond acceptors (Lipinski definition) is 3. The molecule has 0 saturated heterocycles. The molecule has 0 spiro atoms. The van der Waals surface area contributed by atoms with Crippen LogP contribution in [-0.4, -0.2) is 6.47 Å². The van der Waals surface area contributed by atoms with E-state index in [4.69, 9.17) is 4.74 Å². The third-order valence-corrected chi connectivity index (χ3v) is 4.32. The lowest BCUT2D eigenvalue weighted by Gasteiger charge is -2.21. The average Bonchev–Trinajstić information content (AvgIpc) is 2.43. The van der Waals surface area contributed by atoms with Gasteiger partial charge in [-0.15, -0.1) is 0 Å². The predicted octanol–water partition coefficient (Wildman–Crippen LogP) is 3.42. The van der Waals surface area contributed by atoms with E-state index in [1.807, 2.05) is 12.1 Å². The van der Waals surface area contributed by atoms with Crippen molar-refractivity contribution in [3.63, 3.8) is 0 Å². The highest BCUT2D eigenvalue weighted by Gasteiger charge is 2.18. The van der Waals surface area contributed by atoms with Crippen molar-refractivity contribution in [3.8, 4) is 0 Å². The fraction of sp³-hybridized carbons (Fsp3) is 0.133. The fourth-order valence-corrected chi connectivity index (χ4v) is 3.35. The molecule has 0 amide bonds. The molecular formula is C15H12O2S. The first-order valence-corrected chi connectivity index (χ1v) is 6.62. The second-order valence-electron chi connectivity index (χ2n) is 4.19. The summed E-state index contributed by atoms with van der Waals surface area (Å²) in [6, 6.07) is 14.6. The Balaban J connectivity index is 1.99. The molecular weight excluding hydrogens is 244 g/mol. The maximum atomic E-state index is 10.3. The summed E-state index contributed by atoms with van der Waals surface area (Å²) in [4.78, 5) is 12.9. The van der Waals surface area contributed by atoms with E-state index in [-0.39, 0.29) is 0 Å². The van der Waals surface area contributed by atoms with Crippen LogP contribution in [0.25, 0.3) is 0 Å². The van der Waals surface area contributed by atoms with Crippen LogP contribution in [0.2, 0.25) is 0 Å². The zero-order valence-electron chi connectivity index (χ0n) is 9.76. The van der Waals surface area contributed by atoms with Crippen LogP contribution in [0.1, 0.15) is 16.7 Å². The quantitative estimate of drug-likeness (QED) is 0.672. The highest BCUT2D eigenvalue weighted by molar-refractivity contribution is 7.99. The third-order valence-electron chi connectivity index (χ3n) is 3.10. The average molecular weight is 256 g/mol. The highest BCUT2D eigenvalue weighted by Crippen LogP contribution is 2.40. The Kier molecular flexibility index (Phi) is 3.07. The summed E-state index contributed by atoms with van der Waals surface area (Å²) in [7, 11) is 0. The monoisotopic (exact) mass is 256 g/mol. The Morgan fingerprint density at radius 1 is 1.11 bits per heavy atom. The van der Waals surface area contributed by atoms with Crippen LogP contribution in [0, 0.1) is 0 Å². The van der Waals surface area contributed by atoms with Crippen molar-refractivity contribution in [2.45, 2.75) is 22.8 Å². The van der Waals surface area contributed by atoms with Gasteiger partial charge in [-0.05, 0) is 28.8 Å². The number of benzene rings is 2. The van der Waals surface area contributed by atoms with Gasteiger partial charge in [0.25, 0.3) is 6.47 Å². The molecule has 2 nitrogen and oxygen atoms in total. The predicted molar refractivity (Wildman–Crippen MR) is 70.7 cm³/mol. The van der Waals surface area contributed by atoms with Crippen molar-refractivity contribution in [1.29, 1.82) is 0 Å². The summed E-state index contributed by atoms with van der Waals surface area (Å²) in [5.74, 6) is 0. The second kappa shape index (κ2) is 4.86. The summed E-state index contributed by atoms with van der Waals surface area (Å²) >= 11 is 1.79. The van der Waals surface area contributed by atoms with Gasteiger partial charge >= 0.3 is 0 Å². The molecule has 3 rings (SSSR count). The molecule has 90 valence electrons. The molecule has 0 radical (unpaired) electrons. The van der Waals surface area contributed by atoms with Crippen molar-refractivity contribution in [3.05, 3.63) is 59.2 Å². The lowest BCUT2D eigenvalue weighted by molar-refractivity contribution is -0.129. The largest absolute Gasteiger partial charge is 0.463 e. The highest BCUT2D eigenvalue weighted by atomic mass is 32.2. The first-order valence-electron chi connectivity index (χ1n) is 5.80. The van der Waals surface area contributed by atoms with Crippen LogP contribution in [0.3, 0.4) is 0 Å².